The van der Waals surface area contributed by atoms with Gasteiger partial charge in [0.15, 0.2) is 0 Å². The summed E-state index contributed by atoms with van der Waals surface area (Å²) < 4.78 is 0. The maximum absolute atomic E-state index is 4.68. The number of nitrogens with zero attached hydrogens (tertiary/aromatic N) is 3. The molecule has 4 heteroatoms. The zero-order valence-electron chi connectivity index (χ0n) is 12.1. The summed E-state index contributed by atoms with van der Waals surface area (Å²) in [6.45, 7) is 3.18. The molecule has 0 amide bonds. The van der Waals surface area contributed by atoms with Gasteiger partial charge < -0.3 is 10.2 Å². The fraction of sp³-hybridized carbons (Fsp3) is 0.750. The van der Waals surface area contributed by atoms with Crippen LogP contribution in [0.5, 0.6) is 0 Å². The normalized spacial score (nSPS) is 29.7. The molecule has 1 aromatic heterocycles. The highest BCUT2D eigenvalue weighted by atomic mass is 15.2. The van der Waals surface area contributed by atoms with Crippen LogP contribution >= 0.6 is 0 Å². The van der Waals surface area contributed by atoms with Crippen molar-refractivity contribution in [1.82, 2.24) is 15.3 Å². The summed E-state index contributed by atoms with van der Waals surface area (Å²) in [5.74, 6) is 2.14. The Bertz CT molecular complexity index is 485. The zero-order chi connectivity index (χ0) is 13.4. The number of anilines is 1. The molecule has 4 nitrogen and oxygen atoms in total. The second-order valence-electron chi connectivity index (χ2n) is 6.50. The monoisotopic (exact) mass is 272 g/mol. The van der Waals surface area contributed by atoms with Crippen LogP contribution in [0.2, 0.25) is 0 Å². The molecule has 20 heavy (non-hydrogen) atoms. The number of rotatable bonds is 1. The van der Waals surface area contributed by atoms with Gasteiger partial charge in [0.1, 0.15) is 12.1 Å². The molecule has 1 saturated carbocycles. The lowest BCUT2D eigenvalue weighted by Gasteiger charge is -2.45. The summed E-state index contributed by atoms with van der Waals surface area (Å²) in [6.07, 6.45) is 11.2. The first-order chi connectivity index (χ1) is 9.93. The van der Waals surface area contributed by atoms with Crippen LogP contribution in [0.25, 0.3) is 0 Å². The molecular weight excluding hydrogens is 248 g/mol. The minimum absolute atomic E-state index is 0.735. The van der Waals surface area contributed by atoms with Crippen LogP contribution in [0, 0.1) is 5.92 Å². The summed E-state index contributed by atoms with van der Waals surface area (Å²) in [7, 11) is 0. The predicted octanol–water partition coefficient (Wildman–Crippen LogP) is 2.28. The van der Waals surface area contributed by atoms with Gasteiger partial charge in [0.05, 0.1) is 5.69 Å². The van der Waals surface area contributed by atoms with Crippen molar-refractivity contribution < 1.29 is 0 Å². The van der Waals surface area contributed by atoms with Gasteiger partial charge in [0.25, 0.3) is 0 Å². The summed E-state index contributed by atoms with van der Waals surface area (Å²) in [5.41, 5.74) is 2.64. The molecule has 1 saturated heterocycles. The lowest BCUT2D eigenvalue weighted by molar-refractivity contribution is 0.242. The van der Waals surface area contributed by atoms with E-state index in [2.05, 4.69) is 20.2 Å². The second-order valence-corrected chi connectivity index (χ2v) is 6.50. The number of hydrogen-bond acceptors (Lipinski definition) is 4. The number of aromatic nitrogens is 2. The van der Waals surface area contributed by atoms with Gasteiger partial charge in [0.2, 0.25) is 0 Å². The Morgan fingerprint density at radius 3 is 3.00 bits per heavy atom. The third kappa shape index (κ3) is 2.10. The first kappa shape index (κ1) is 12.6. The van der Waals surface area contributed by atoms with E-state index < -0.39 is 0 Å². The Labute approximate surface area is 121 Å². The summed E-state index contributed by atoms with van der Waals surface area (Å²) in [4.78, 5) is 11.8. The fourth-order valence-electron chi connectivity index (χ4n) is 4.39. The van der Waals surface area contributed by atoms with Crippen LogP contribution in [0.15, 0.2) is 6.33 Å². The maximum atomic E-state index is 4.68. The largest absolute Gasteiger partial charge is 0.353 e. The second kappa shape index (κ2) is 5.32. The highest BCUT2D eigenvalue weighted by Gasteiger charge is 2.35. The minimum Gasteiger partial charge on any atom is -0.353 e. The molecular formula is C16H24N4. The lowest BCUT2D eigenvalue weighted by atomic mass is 9.78. The van der Waals surface area contributed by atoms with Crippen molar-refractivity contribution in [2.45, 2.75) is 57.5 Å². The van der Waals surface area contributed by atoms with E-state index in [1.807, 2.05) is 0 Å². The van der Waals surface area contributed by atoms with Crippen molar-refractivity contribution in [2.24, 2.45) is 5.92 Å². The molecule has 1 N–H and O–H groups in total. The van der Waals surface area contributed by atoms with Crippen molar-refractivity contribution in [3.05, 3.63) is 17.6 Å². The highest BCUT2D eigenvalue weighted by molar-refractivity contribution is 5.51. The lowest BCUT2D eigenvalue weighted by Crippen LogP contribution is -2.48. The van der Waals surface area contributed by atoms with Gasteiger partial charge in [-0.3, -0.25) is 0 Å². The zero-order valence-corrected chi connectivity index (χ0v) is 12.1. The van der Waals surface area contributed by atoms with Gasteiger partial charge in [-0.25, -0.2) is 9.97 Å². The van der Waals surface area contributed by atoms with E-state index in [4.69, 9.17) is 0 Å². The molecule has 0 aromatic carbocycles. The van der Waals surface area contributed by atoms with Crippen molar-refractivity contribution in [3.8, 4) is 0 Å². The maximum Gasteiger partial charge on any atom is 0.137 e. The molecule has 0 bridgehead atoms. The van der Waals surface area contributed by atoms with Gasteiger partial charge in [-0.1, -0.05) is 12.8 Å². The first-order valence-corrected chi connectivity index (χ1v) is 8.23. The quantitative estimate of drug-likeness (QED) is 0.851. The number of fused-ring (bicyclic) bond motifs is 2. The van der Waals surface area contributed by atoms with E-state index in [0.29, 0.717) is 0 Å². The number of piperidine rings is 1. The van der Waals surface area contributed by atoms with Crippen LogP contribution in [0.1, 0.15) is 49.8 Å². The van der Waals surface area contributed by atoms with Crippen molar-refractivity contribution in [2.75, 3.05) is 18.0 Å². The Kier molecular flexibility index (Phi) is 3.34. The molecule has 1 aromatic rings. The topological polar surface area (TPSA) is 41.1 Å². The Balaban J connectivity index is 1.69. The van der Waals surface area contributed by atoms with E-state index in [9.17, 15) is 0 Å². The van der Waals surface area contributed by atoms with Crippen LogP contribution in [0.4, 0.5) is 5.82 Å². The Morgan fingerprint density at radius 1 is 1.10 bits per heavy atom. The van der Waals surface area contributed by atoms with Crippen molar-refractivity contribution in [1.29, 1.82) is 0 Å². The third-order valence-corrected chi connectivity index (χ3v) is 5.37. The van der Waals surface area contributed by atoms with Gasteiger partial charge in [-0.2, -0.15) is 0 Å². The van der Waals surface area contributed by atoms with Crippen LogP contribution in [0.3, 0.4) is 0 Å². The van der Waals surface area contributed by atoms with E-state index in [-0.39, 0.29) is 0 Å². The van der Waals surface area contributed by atoms with Crippen LogP contribution in [-0.2, 0) is 13.0 Å². The Morgan fingerprint density at radius 2 is 2.00 bits per heavy atom. The van der Waals surface area contributed by atoms with E-state index >= 15 is 0 Å². The fourth-order valence-corrected chi connectivity index (χ4v) is 4.39. The molecule has 3 heterocycles. The highest BCUT2D eigenvalue weighted by Crippen LogP contribution is 2.38. The predicted molar refractivity (Wildman–Crippen MR) is 79.8 cm³/mol. The molecule has 0 radical (unpaired) electrons. The molecule has 2 aliphatic heterocycles. The summed E-state index contributed by atoms with van der Waals surface area (Å²) in [6, 6.07) is 0.735. The molecule has 108 valence electrons. The molecule has 0 unspecified atom stereocenters. The summed E-state index contributed by atoms with van der Waals surface area (Å²) >= 11 is 0. The van der Waals surface area contributed by atoms with E-state index in [0.717, 1.165) is 31.5 Å². The smallest absolute Gasteiger partial charge is 0.137 e. The molecule has 0 spiro atoms. The minimum atomic E-state index is 0.735. The SMILES string of the molecule is c1nc2c(c(N3CCC[C@H]4CCCC[C@H]43)n1)CNCC2. The average Bonchev–Trinajstić information content (AvgIpc) is 2.54. The van der Waals surface area contributed by atoms with Crippen LogP contribution < -0.4 is 10.2 Å². The van der Waals surface area contributed by atoms with Gasteiger partial charge >= 0.3 is 0 Å². The third-order valence-electron chi connectivity index (χ3n) is 5.37. The number of hydrogen-bond donors (Lipinski definition) is 1. The van der Waals surface area contributed by atoms with Gasteiger partial charge in [-0.05, 0) is 31.6 Å². The molecule has 1 aliphatic carbocycles. The molecule has 4 rings (SSSR count). The van der Waals surface area contributed by atoms with E-state index in [1.54, 1.807) is 6.33 Å². The van der Waals surface area contributed by atoms with Crippen LogP contribution in [-0.4, -0.2) is 29.1 Å². The first-order valence-electron chi connectivity index (χ1n) is 8.23. The summed E-state index contributed by atoms with van der Waals surface area (Å²) in [5, 5.41) is 3.49. The van der Waals surface area contributed by atoms with Gasteiger partial charge in [-0.15, -0.1) is 0 Å². The standard InChI is InChI=1S/C16H24N4/c1-2-6-15-12(4-1)5-3-9-20(15)16-13-10-17-8-7-14(13)18-11-19-16/h11-12,15,17H,1-10H2/t12-,15-/m1/s1. The van der Waals surface area contributed by atoms with Crippen molar-refractivity contribution in [3.63, 3.8) is 0 Å². The van der Waals surface area contributed by atoms with Gasteiger partial charge in [0, 0.05) is 37.7 Å². The molecule has 2 atom stereocenters. The average molecular weight is 272 g/mol. The number of nitrogens with one attached hydrogen (secondary N) is 1. The Hall–Kier alpha value is -1.16. The molecule has 2 fully saturated rings. The van der Waals surface area contributed by atoms with E-state index in [1.165, 1.54) is 62.1 Å². The molecule has 3 aliphatic rings. The van der Waals surface area contributed by atoms with Crippen molar-refractivity contribution >= 4 is 5.82 Å².